The number of hydrogen-bond donors (Lipinski definition) is 4. The topological polar surface area (TPSA) is 122 Å². The SMILES string of the molecule is [2H]C([2H])([2H])OC1CCC(Nc2ncc(C(N)=O)c(N[C@@H]3CCC[C@H](O)C3)n2)CC1. The van der Waals surface area contributed by atoms with Crippen LogP contribution in [0.15, 0.2) is 6.20 Å². The number of ether oxygens (including phenoxy) is 1. The lowest BCUT2D eigenvalue weighted by molar-refractivity contribution is 0.0681. The average Bonchev–Trinajstić information content (AvgIpc) is 2.62. The molecule has 1 aromatic heterocycles. The third-order valence-electron chi connectivity index (χ3n) is 5.22. The molecule has 2 aliphatic rings. The summed E-state index contributed by atoms with van der Waals surface area (Å²) in [5, 5.41) is 16.4. The number of methoxy groups -OCH3 is 1. The van der Waals surface area contributed by atoms with Gasteiger partial charge in [-0.05, 0) is 51.4 Å². The highest BCUT2D eigenvalue weighted by Crippen LogP contribution is 2.25. The fourth-order valence-electron chi connectivity index (χ4n) is 3.74. The molecule has 0 saturated heterocycles. The van der Waals surface area contributed by atoms with Crippen molar-refractivity contribution in [2.45, 2.75) is 75.7 Å². The minimum absolute atomic E-state index is 0.0204. The van der Waals surface area contributed by atoms with E-state index in [4.69, 9.17) is 14.6 Å². The molecule has 0 unspecified atom stereocenters. The van der Waals surface area contributed by atoms with Crippen molar-refractivity contribution in [2.75, 3.05) is 17.7 Å². The lowest BCUT2D eigenvalue weighted by atomic mass is 9.93. The highest BCUT2D eigenvalue weighted by molar-refractivity contribution is 5.97. The van der Waals surface area contributed by atoms with Crippen LogP contribution in [0.25, 0.3) is 0 Å². The molecule has 26 heavy (non-hydrogen) atoms. The van der Waals surface area contributed by atoms with Crippen LogP contribution < -0.4 is 16.4 Å². The smallest absolute Gasteiger partial charge is 0.254 e. The van der Waals surface area contributed by atoms with Gasteiger partial charge in [-0.25, -0.2) is 4.98 Å². The summed E-state index contributed by atoms with van der Waals surface area (Å²) in [7, 11) is -2.37. The summed E-state index contributed by atoms with van der Waals surface area (Å²) in [5.74, 6) is 0.139. The Morgan fingerprint density at radius 3 is 2.77 bits per heavy atom. The molecule has 2 atom stereocenters. The lowest BCUT2D eigenvalue weighted by Crippen LogP contribution is -2.32. The van der Waals surface area contributed by atoms with Gasteiger partial charge in [0.2, 0.25) is 5.95 Å². The van der Waals surface area contributed by atoms with Crippen LogP contribution in [-0.2, 0) is 4.74 Å². The Labute approximate surface area is 158 Å². The van der Waals surface area contributed by atoms with Crippen molar-refractivity contribution in [2.24, 2.45) is 5.73 Å². The van der Waals surface area contributed by atoms with Crippen LogP contribution in [0.3, 0.4) is 0 Å². The Bertz CT molecular complexity index is 710. The number of anilines is 2. The number of hydrogen-bond acceptors (Lipinski definition) is 7. The average molecular weight is 366 g/mol. The number of aromatic nitrogens is 2. The van der Waals surface area contributed by atoms with E-state index < -0.39 is 12.9 Å². The molecular formula is C18H29N5O3. The van der Waals surface area contributed by atoms with E-state index >= 15 is 0 Å². The van der Waals surface area contributed by atoms with Gasteiger partial charge in [0.05, 0.1) is 21.9 Å². The number of primary amides is 1. The molecule has 2 aliphatic carbocycles. The highest BCUT2D eigenvalue weighted by Gasteiger charge is 2.24. The Morgan fingerprint density at radius 2 is 2.08 bits per heavy atom. The van der Waals surface area contributed by atoms with Gasteiger partial charge in [0.25, 0.3) is 5.91 Å². The van der Waals surface area contributed by atoms with Crippen molar-refractivity contribution in [3.63, 3.8) is 0 Å². The molecule has 0 radical (unpaired) electrons. The molecule has 1 aromatic rings. The summed E-state index contributed by atoms with van der Waals surface area (Å²) >= 11 is 0. The quantitative estimate of drug-likeness (QED) is 0.604. The molecular weight excluding hydrogens is 334 g/mol. The summed E-state index contributed by atoms with van der Waals surface area (Å²) in [6.07, 6.45) is 6.70. The van der Waals surface area contributed by atoms with Gasteiger partial charge in [0.15, 0.2) is 0 Å². The van der Waals surface area contributed by atoms with Gasteiger partial charge in [0, 0.05) is 25.3 Å². The van der Waals surface area contributed by atoms with E-state index in [9.17, 15) is 9.90 Å². The Kier molecular flexibility index (Phi) is 5.04. The van der Waals surface area contributed by atoms with Gasteiger partial charge in [-0.3, -0.25) is 4.79 Å². The molecule has 2 saturated carbocycles. The van der Waals surface area contributed by atoms with Crippen LogP contribution in [0, 0.1) is 0 Å². The van der Waals surface area contributed by atoms with Gasteiger partial charge < -0.3 is 26.2 Å². The lowest BCUT2D eigenvalue weighted by Gasteiger charge is -2.29. The summed E-state index contributed by atoms with van der Waals surface area (Å²) in [4.78, 5) is 20.4. The Morgan fingerprint density at radius 1 is 1.27 bits per heavy atom. The Hall–Kier alpha value is -1.93. The van der Waals surface area contributed by atoms with E-state index in [2.05, 4.69) is 20.6 Å². The van der Waals surface area contributed by atoms with Gasteiger partial charge in [0.1, 0.15) is 5.82 Å². The van der Waals surface area contributed by atoms with Crippen molar-refractivity contribution < 1.29 is 18.8 Å². The molecule has 0 bridgehead atoms. The maximum absolute atomic E-state index is 11.8. The van der Waals surface area contributed by atoms with Crippen molar-refractivity contribution in [3.8, 4) is 0 Å². The molecule has 1 amide bonds. The first kappa shape index (κ1) is 15.2. The van der Waals surface area contributed by atoms with Gasteiger partial charge >= 0.3 is 0 Å². The second-order valence-corrected chi connectivity index (χ2v) is 7.22. The molecule has 3 rings (SSSR count). The minimum atomic E-state index is -2.37. The zero-order chi connectivity index (χ0) is 21.0. The molecule has 8 nitrogen and oxygen atoms in total. The van der Waals surface area contributed by atoms with Crippen LogP contribution in [0.5, 0.6) is 0 Å². The normalized spacial score (nSPS) is 31.3. The monoisotopic (exact) mass is 366 g/mol. The third kappa shape index (κ3) is 4.82. The number of nitrogens with zero attached hydrogens (tertiary/aromatic N) is 2. The number of carbonyl (C=O) groups excluding carboxylic acids is 1. The number of nitrogens with two attached hydrogens (primary N) is 1. The number of rotatable bonds is 6. The number of aliphatic hydroxyl groups is 1. The first-order valence-corrected chi connectivity index (χ1v) is 9.25. The van der Waals surface area contributed by atoms with Crippen LogP contribution in [0.1, 0.15) is 65.8 Å². The second-order valence-electron chi connectivity index (χ2n) is 7.22. The number of carbonyl (C=O) groups is 1. The molecule has 144 valence electrons. The molecule has 0 aromatic carbocycles. The molecule has 0 aliphatic heterocycles. The first-order chi connectivity index (χ1) is 13.7. The summed E-state index contributed by atoms with van der Waals surface area (Å²) in [6, 6.07) is 0.113. The van der Waals surface area contributed by atoms with Gasteiger partial charge in [-0.2, -0.15) is 4.98 Å². The predicted octanol–water partition coefficient (Wildman–Crippen LogP) is 1.66. The zero-order valence-electron chi connectivity index (χ0n) is 17.8. The molecule has 5 N–H and O–H groups in total. The van der Waals surface area contributed by atoms with Gasteiger partial charge in [-0.15, -0.1) is 0 Å². The molecule has 2 fully saturated rings. The first-order valence-electron chi connectivity index (χ1n) is 10.8. The van der Waals surface area contributed by atoms with Crippen molar-refractivity contribution in [3.05, 3.63) is 11.8 Å². The maximum atomic E-state index is 11.8. The number of nitrogens with one attached hydrogen (secondary N) is 2. The van der Waals surface area contributed by atoms with Crippen molar-refractivity contribution in [1.29, 1.82) is 0 Å². The van der Waals surface area contributed by atoms with Crippen LogP contribution in [0.2, 0.25) is 0 Å². The van der Waals surface area contributed by atoms with E-state index in [1.165, 1.54) is 6.20 Å². The fraction of sp³-hybridized carbons (Fsp3) is 0.722. The van der Waals surface area contributed by atoms with E-state index in [1.807, 2.05) is 0 Å². The number of aliphatic hydroxyl groups excluding tert-OH is 1. The van der Waals surface area contributed by atoms with Crippen LogP contribution in [0.4, 0.5) is 11.8 Å². The third-order valence-corrected chi connectivity index (χ3v) is 5.22. The summed E-state index contributed by atoms with van der Waals surface area (Å²) in [6.45, 7) is 0. The Balaban J connectivity index is 1.62. The fourth-order valence-corrected chi connectivity index (χ4v) is 3.74. The van der Waals surface area contributed by atoms with E-state index in [1.54, 1.807) is 0 Å². The standard InChI is InChI=1S/C18H29N5O3/c1-26-14-7-5-11(6-8-14)22-18-20-10-15(16(19)25)17(23-18)21-12-3-2-4-13(24)9-12/h10-14,24H,2-9H2,1H3,(H2,19,25)(H2,20,21,22,23)/t11?,12-,13+,14?/m1/s1/i1D3. The number of amides is 1. The van der Waals surface area contributed by atoms with Gasteiger partial charge in [-0.1, -0.05) is 0 Å². The summed E-state index contributed by atoms with van der Waals surface area (Å²) < 4.78 is 26.7. The van der Waals surface area contributed by atoms with Crippen LogP contribution in [-0.4, -0.2) is 52.3 Å². The predicted molar refractivity (Wildman–Crippen MR) is 99.1 cm³/mol. The second kappa shape index (κ2) is 8.64. The highest BCUT2D eigenvalue weighted by atomic mass is 16.5. The molecule has 8 heteroatoms. The zero-order valence-corrected chi connectivity index (χ0v) is 14.8. The van der Waals surface area contributed by atoms with Crippen molar-refractivity contribution >= 4 is 17.7 Å². The largest absolute Gasteiger partial charge is 0.393 e. The molecule has 1 heterocycles. The van der Waals surface area contributed by atoms with Crippen molar-refractivity contribution in [1.82, 2.24) is 9.97 Å². The molecule has 0 spiro atoms. The van der Waals surface area contributed by atoms with Crippen LogP contribution >= 0.6 is 0 Å². The maximum Gasteiger partial charge on any atom is 0.254 e. The van der Waals surface area contributed by atoms with E-state index in [0.29, 0.717) is 31.0 Å². The minimum Gasteiger partial charge on any atom is -0.393 e. The van der Waals surface area contributed by atoms with E-state index in [0.717, 1.165) is 32.1 Å². The summed E-state index contributed by atoms with van der Waals surface area (Å²) in [5.41, 5.74) is 5.67. The van der Waals surface area contributed by atoms with E-state index in [-0.39, 0.29) is 29.9 Å².